The van der Waals surface area contributed by atoms with E-state index in [2.05, 4.69) is 13.8 Å². The second-order valence-electron chi connectivity index (χ2n) is 7.10. The van der Waals surface area contributed by atoms with Gasteiger partial charge in [-0.2, -0.15) is 0 Å². The Balaban J connectivity index is 2.49. The summed E-state index contributed by atoms with van der Waals surface area (Å²) in [6, 6.07) is 9.76. The summed E-state index contributed by atoms with van der Waals surface area (Å²) in [6.45, 7) is 5.16. The summed E-state index contributed by atoms with van der Waals surface area (Å²) < 4.78 is 10.8. The quantitative estimate of drug-likeness (QED) is 0.300. The Morgan fingerprint density at radius 1 is 0.815 bits per heavy atom. The standard InChI is InChI=1S/C23H36O4/c1-3-5-7-12-16-26-22(24)19-21(18-20-14-10-9-11-15-20)23(25)27-17-13-8-6-4-2/h9-11,14-15,21H,3-8,12-13,16-19H2,1-2H3. The number of esters is 2. The van der Waals surface area contributed by atoms with Crippen molar-refractivity contribution in [2.45, 2.75) is 78.1 Å². The Kier molecular flexibility index (Phi) is 13.1. The van der Waals surface area contributed by atoms with Crippen LogP contribution in [0.1, 0.15) is 77.2 Å². The fourth-order valence-electron chi connectivity index (χ4n) is 2.93. The number of hydrogen-bond acceptors (Lipinski definition) is 4. The van der Waals surface area contributed by atoms with E-state index in [0.717, 1.165) is 56.9 Å². The molecule has 0 saturated carbocycles. The van der Waals surface area contributed by atoms with E-state index in [1.807, 2.05) is 30.3 Å². The van der Waals surface area contributed by atoms with Crippen LogP contribution in [-0.4, -0.2) is 25.2 Å². The molecule has 0 aliphatic carbocycles. The SMILES string of the molecule is CCCCCCOC(=O)CC(Cc1ccccc1)C(=O)OCCCCCC. The zero-order valence-electron chi connectivity index (χ0n) is 17.1. The van der Waals surface area contributed by atoms with E-state index in [1.54, 1.807) is 0 Å². The van der Waals surface area contributed by atoms with Crippen LogP contribution in [-0.2, 0) is 25.5 Å². The lowest BCUT2D eigenvalue weighted by atomic mass is 9.96. The van der Waals surface area contributed by atoms with Crippen LogP contribution in [0.5, 0.6) is 0 Å². The molecule has 0 aliphatic rings. The van der Waals surface area contributed by atoms with Crippen LogP contribution in [0.2, 0.25) is 0 Å². The van der Waals surface area contributed by atoms with Gasteiger partial charge in [0.1, 0.15) is 0 Å². The van der Waals surface area contributed by atoms with Crippen LogP contribution in [0.15, 0.2) is 30.3 Å². The van der Waals surface area contributed by atoms with Gasteiger partial charge in [0.25, 0.3) is 0 Å². The minimum absolute atomic E-state index is 0.0798. The topological polar surface area (TPSA) is 52.6 Å². The highest BCUT2D eigenvalue weighted by molar-refractivity contribution is 5.80. The van der Waals surface area contributed by atoms with Crippen LogP contribution in [0, 0.1) is 5.92 Å². The molecule has 0 fully saturated rings. The van der Waals surface area contributed by atoms with E-state index in [0.29, 0.717) is 19.6 Å². The minimum atomic E-state index is -0.485. The molecule has 27 heavy (non-hydrogen) atoms. The second kappa shape index (κ2) is 15.2. The third kappa shape index (κ3) is 11.5. The highest BCUT2D eigenvalue weighted by atomic mass is 16.5. The van der Waals surface area contributed by atoms with Gasteiger partial charge in [-0.1, -0.05) is 82.7 Å². The summed E-state index contributed by atoms with van der Waals surface area (Å²) in [5.74, 6) is -1.09. The third-order valence-corrected chi connectivity index (χ3v) is 4.57. The maximum Gasteiger partial charge on any atom is 0.309 e. The monoisotopic (exact) mass is 376 g/mol. The smallest absolute Gasteiger partial charge is 0.309 e. The van der Waals surface area contributed by atoms with Crippen molar-refractivity contribution < 1.29 is 19.1 Å². The molecule has 0 radical (unpaired) electrons. The fraction of sp³-hybridized carbons (Fsp3) is 0.652. The molecule has 0 aromatic heterocycles. The summed E-state index contributed by atoms with van der Waals surface area (Å²) in [4.78, 5) is 24.7. The zero-order chi connectivity index (χ0) is 19.7. The molecule has 152 valence electrons. The van der Waals surface area contributed by atoms with Gasteiger partial charge in [-0.15, -0.1) is 0 Å². The first-order chi connectivity index (χ1) is 13.2. The first kappa shape index (κ1) is 23.2. The van der Waals surface area contributed by atoms with E-state index in [9.17, 15) is 9.59 Å². The Bertz CT molecular complexity index is 512. The Hall–Kier alpha value is -1.84. The molecule has 1 aromatic carbocycles. The van der Waals surface area contributed by atoms with Crippen molar-refractivity contribution in [1.82, 2.24) is 0 Å². The highest BCUT2D eigenvalue weighted by Crippen LogP contribution is 2.16. The molecular formula is C23H36O4. The summed E-state index contributed by atoms with van der Waals surface area (Å²) in [5, 5.41) is 0. The predicted molar refractivity (Wildman–Crippen MR) is 108 cm³/mol. The van der Waals surface area contributed by atoms with Crippen molar-refractivity contribution >= 4 is 11.9 Å². The van der Waals surface area contributed by atoms with Crippen LogP contribution in [0.25, 0.3) is 0 Å². The predicted octanol–water partition coefficient (Wildman–Crippen LogP) is 5.48. The van der Waals surface area contributed by atoms with Crippen LogP contribution in [0.3, 0.4) is 0 Å². The molecule has 4 heteroatoms. The number of rotatable bonds is 15. The number of ether oxygens (including phenoxy) is 2. The molecule has 1 aromatic rings. The van der Waals surface area contributed by atoms with Crippen molar-refractivity contribution in [3.8, 4) is 0 Å². The van der Waals surface area contributed by atoms with Crippen LogP contribution < -0.4 is 0 Å². The first-order valence-corrected chi connectivity index (χ1v) is 10.5. The molecule has 1 rings (SSSR count). The summed E-state index contributed by atoms with van der Waals surface area (Å²) in [7, 11) is 0. The van der Waals surface area contributed by atoms with Gasteiger partial charge in [-0.3, -0.25) is 9.59 Å². The molecule has 0 spiro atoms. The lowest BCUT2D eigenvalue weighted by Gasteiger charge is -2.16. The van der Waals surface area contributed by atoms with Crippen molar-refractivity contribution in [3.63, 3.8) is 0 Å². The van der Waals surface area contributed by atoms with E-state index < -0.39 is 5.92 Å². The molecule has 1 atom stereocenters. The van der Waals surface area contributed by atoms with Crippen molar-refractivity contribution in [2.75, 3.05) is 13.2 Å². The summed E-state index contributed by atoms with van der Waals surface area (Å²) >= 11 is 0. The molecule has 0 bridgehead atoms. The Morgan fingerprint density at radius 3 is 2.00 bits per heavy atom. The largest absolute Gasteiger partial charge is 0.466 e. The molecular weight excluding hydrogens is 340 g/mol. The molecule has 0 N–H and O–H groups in total. The molecule has 0 aliphatic heterocycles. The number of hydrogen-bond donors (Lipinski definition) is 0. The minimum Gasteiger partial charge on any atom is -0.466 e. The summed E-state index contributed by atoms with van der Waals surface area (Å²) in [5.41, 5.74) is 1.03. The van der Waals surface area contributed by atoms with E-state index in [-0.39, 0.29) is 18.4 Å². The molecule has 0 heterocycles. The maximum atomic E-state index is 12.5. The van der Waals surface area contributed by atoms with Crippen molar-refractivity contribution in [3.05, 3.63) is 35.9 Å². The van der Waals surface area contributed by atoms with Gasteiger partial charge in [-0.25, -0.2) is 0 Å². The zero-order valence-corrected chi connectivity index (χ0v) is 17.1. The molecule has 1 unspecified atom stereocenters. The van der Waals surface area contributed by atoms with Gasteiger partial charge in [0.2, 0.25) is 0 Å². The normalized spacial score (nSPS) is 11.8. The van der Waals surface area contributed by atoms with Gasteiger partial charge < -0.3 is 9.47 Å². The highest BCUT2D eigenvalue weighted by Gasteiger charge is 2.24. The number of carbonyl (C=O) groups excluding carboxylic acids is 2. The van der Waals surface area contributed by atoms with Crippen LogP contribution in [0.4, 0.5) is 0 Å². The van der Waals surface area contributed by atoms with E-state index >= 15 is 0 Å². The van der Waals surface area contributed by atoms with Gasteiger partial charge >= 0.3 is 11.9 Å². The van der Waals surface area contributed by atoms with Gasteiger partial charge in [0.05, 0.1) is 25.6 Å². The molecule has 0 amide bonds. The fourth-order valence-corrected chi connectivity index (χ4v) is 2.93. The third-order valence-electron chi connectivity index (χ3n) is 4.57. The van der Waals surface area contributed by atoms with Gasteiger partial charge in [-0.05, 0) is 24.8 Å². The number of benzene rings is 1. The molecule has 4 nitrogen and oxygen atoms in total. The first-order valence-electron chi connectivity index (χ1n) is 10.5. The maximum absolute atomic E-state index is 12.5. The van der Waals surface area contributed by atoms with Gasteiger partial charge in [0, 0.05) is 0 Å². The van der Waals surface area contributed by atoms with E-state index in [4.69, 9.17) is 9.47 Å². The van der Waals surface area contributed by atoms with Crippen LogP contribution >= 0.6 is 0 Å². The van der Waals surface area contributed by atoms with E-state index in [1.165, 1.54) is 0 Å². The average molecular weight is 377 g/mol. The Morgan fingerprint density at radius 2 is 1.41 bits per heavy atom. The number of carbonyl (C=O) groups is 2. The van der Waals surface area contributed by atoms with Crippen molar-refractivity contribution in [1.29, 1.82) is 0 Å². The number of unbranched alkanes of at least 4 members (excludes halogenated alkanes) is 6. The van der Waals surface area contributed by atoms with Crippen molar-refractivity contribution in [2.24, 2.45) is 5.92 Å². The Labute approximate surface area is 164 Å². The summed E-state index contributed by atoms with van der Waals surface area (Å²) in [6.07, 6.45) is 9.06. The van der Waals surface area contributed by atoms with Gasteiger partial charge in [0.15, 0.2) is 0 Å². The lowest BCUT2D eigenvalue weighted by Crippen LogP contribution is -2.24. The lowest BCUT2D eigenvalue weighted by molar-refractivity contribution is -0.155. The molecule has 0 saturated heterocycles. The average Bonchev–Trinajstić information content (AvgIpc) is 2.68. The second-order valence-corrected chi connectivity index (χ2v) is 7.10.